The Kier molecular flexibility index (Phi) is 6.93. The minimum Gasteiger partial charge on any atom is -0.491 e. The average Bonchev–Trinajstić information content (AvgIpc) is 2.22. The number of hydrogen-bond donors (Lipinski definition) is 0. The van der Waals surface area contributed by atoms with E-state index in [0.29, 0.717) is 11.1 Å². The molecular weight excluding hydrogens is 270 g/mol. The van der Waals surface area contributed by atoms with Gasteiger partial charge >= 0.3 is 0 Å². The van der Waals surface area contributed by atoms with Crippen LogP contribution in [0.3, 0.4) is 0 Å². The fourth-order valence-corrected chi connectivity index (χ4v) is 1.24. The van der Waals surface area contributed by atoms with Gasteiger partial charge in [-0.05, 0) is 35.0 Å². The second-order valence-corrected chi connectivity index (χ2v) is 3.34. The summed E-state index contributed by atoms with van der Waals surface area (Å²) < 4.78 is 18.7. The molecule has 80 valence electrons. The lowest BCUT2D eigenvalue weighted by Gasteiger charge is -2.05. The van der Waals surface area contributed by atoms with Crippen LogP contribution in [0.4, 0.5) is 4.39 Å². The summed E-state index contributed by atoms with van der Waals surface area (Å²) in [5.41, 5.74) is 0. The minimum absolute atomic E-state index is 0.0564. The summed E-state index contributed by atoms with van der Waals surface area (Å²) in [5, 5.41) is 0.0564. The van der Waals surface area contributed by atoms with Crippen molar-refractivity contribution in [2.24, 2.45) is 0 Å². The van der Waals surface area contributed by atoms with Crippen molar-refractivity contribution >= 4 is 27.5 Å². The molecule has 0 radical (unpaired) electrons. The predicted octanol–water partition coefficient (Wildman–Crippen LogP) is 4.67. The molecule has 0 saturated heterocycles. The maximum Gasteiger partial charge on any atom is 0.184 e. The summed E-state index contributed by atoms with van der Waals surface area (Å²) >= 11 is 8.72. The van der Waals surface area contributed by atoms with Crippen molar-refractivity contribution in [1.29, 1.82) is 0 Å². The van der Waals surface area contributed by atoms with E-state index in [1.54, 1.807) is 13.0 Å². The first kappa shape index (κ1) is 13.7. The van der Waals surface area contributed by atoms with Crippen molar-refractivity contribution in [2.45, 2.75) is 20.8 Å². The highest BCUT2D eigenvalue weighted by Crippen LogP contribution is 2.31. The third kappa shape index (κ3) is 3.46. The Labute approximate surface area is 97.3 Å². The normalized spacial score (nSPS) is 9.00. The van der Waals surface area contributed by atoms with Crippen molar-refractivity contribution in [1.82, 2.24) is 0 Å². The van der Waals surface area contributed by atoms with Gasteiger partial charge in [0, 0.05) is 4.47 Å². The Morgan fingerprint density at radius 1 is 1.43 bits per heavy atom. The molecule has 0 aromatic heterocycles. The molecule has 1 aromatic carbocycles. The molecule has 0 amide bonds. The van der Waals surface area contributed by atoms with E-state index in [0.717, 1.165) is 0 Å². The largest absolute Gasteiger partial charge is 0.491 e. The Balaban J connectivity index is 0.000000791. The molecule has 0 atom stereocenters. The lowest BCUT2D eigenvalue weighted by Crippen LogP contribution is -1.94. The summed E-state index contributed by atoms with van der Waals surface area (Å²) in [6.07, 6.45) is 0. The monoisotopic (exact) mass is 282 g/mol. The zero-order valence-electron chi connectivity index (χ0n) is 8.40. The van der Waals surface area contributed by atoms with Crippen LogP contribution in [0.2, 0.25) is 5.02 Å². The van der Waals surface area contributed by atoms with Crippen LogP contribution >= 0.6 is 27.5 Å². The van der Waals surface area contributed by atoms with Crippen LogP contribution in [0.5, 0.6) is 5.75 Å². The van der Waals surface area contributed by atoms with Crippen LogP contribution in [0.15, 0.2) is 16.6 Å². The van der Waals surface area contributed by atoms with E-state index >= 15 is 0 Å². The molecule has 1 nitrogen and oxygen atoms in total. The van der Waals surface area contributed by atoms with Crippen LogP contribution in [-0.2, 0) is 0 Å². The quantitative estimate of drug-likeness (QED) is 0.717. The molecule has 14 heavy (non-hydrogen) atoms. The van der Waals surface area contributed by atoms with E-state index < -0.39 is 5.82 Å². The van der Waals surface area contributed by atoms with Crippen molar-refractivity contribution < 1.29 is 9.13 Å². The van der Waals surface area contributed by atoms with Crippen molar-refractivity contribution in [3.8, 4) is 5.75 Å². The second kappa shape index (κ2) is 7.07. The smallest absolute Gasteiger partial charge is 0.184 e. The van der Waals surface area contributed by atoms with Gasteiger partial charge in [0.2, 0.25) is 0 Å². The topological polar surface area (TPSA) is 9.23 Å². The summed E-state index contributed by atoms with van der Waals surface area (Å²) in [4.78, 5) is 0. The molecule has 0 aliphatic carbocycles. The molecule has 1 aromatic rings. The zero-order valence-corrected chi connectivity index (χ0v) is 10.7. The van der Waals surface area contributed by atoms with Crippen molar-refractivity contribution in [3.05, 3.63) is 27.4 Å². The zero-order chi connectivity index (χ0) is 11.1. The predicted molar refractivity (Wildman–Crippen MR) is 61.6 cm³/mol. The maximum absolute atomic E-state index is 13.2. The number of hydrogen-bond acceptors (Lipinski definition) is 1. The van der Waals surface area contributed by atoms with Gasteiger partial charge in [0.25, 0.3) is 0 Å². The Hall–Kier alpha value is -0.280. The molecule has 0 aliphatic rings. The lowest BCUT2D eigenvalue weighted by atomic mass is 10.3. The molecule has 0 N–H and O–H groups in total. The van der Waals surface area contributed by atoms with E-state index in [2.05, 4.69) is 15.9 Å². The van der Waals surface area contributed by atoms with Gasteiger partial charge in [-0.25, -0.2) is 4.39 Å². The Morgan fingerprint density at radius 2 is 2.00 bits per heavy atom. The van der Waals surface area contributed by atoms with Crippen LogP contribution in [0.25, 0.3) is 0 Å². The minimum atomic E-state index is -0.520. The number of rotatable bonds is 2. The summed E-state index contributed by atoms with van der Waals surface area (Å²) in [5.74, 6) is -0.335. The van der Waals surface area contributed by atoms with Gasteiger partial charge in [0.05, 0.1) is 11.6 Å². The van der Waals surface area contributed by atoms with E-state index in [1.165, 1.54) is 6.07 Å². The Bertz CT molecular complexity index is 292. The van der Waals surface area contributed by atoms with Crippen LogP contribution in [0.1, 0.15) is 20.8 Å². The third-order valence-electron chi connectivity index (χ3n) is 1.30. The first-order valence-corrected chi connectivity index (χ1v) is 5.60. The molecule has 0 heterocycles. The highest BCUT2D eigenvalue weighted by Gasteiger charge is 2.10. The molecule has 0 bridgehead atoms. The molecular formula is C10H13BrClFO. The molecule has 1 rings (SSSR count). The average molecular weight is 284 g/mol. The highest BCUT2D eigenvalue weighted by atomic mass is 79.9. The first-order valence-electron chi connectivity index (χ1n) is 4.43. The van der Waals surface area contributed by atoms with Gasteiger partial charge in [-0.15, -0.1) is 0 Å². The molecule has 0 unspecified atom stereocenters. The summed E-state index contributed by atoms with van der Waals surface area (Å²) in [7, 11) is 0. The standard InChI is InChI=1S/C8H7BrClFO.C2H6/c1-2-12-6-4-3-5(9)7(10)8(6)11;1-2/h3-4H,2H2,1H3;1-2H3. The van der Waals surface area contributed by atoms with Gasteiger partial charge in [-0.1, -0.05) is 25.4 Å². The van der Waals surface area contributed by atoms with Gasteiger partial charge in [0.1, 0.15) is 0 Å². The highest BCUT2D eigenvalue weighted by molar-refractivity contribution is 9.10. The van der Waals surface area contributed by atoms with E-state index in [9.17, 15) is 4.39 Å². The second-order valence-electron chi connectivity index (χ2n) is 2.11. The van der Waals surface area contributed by atoms with Gasteiger partial charge in [0.15, 0.2) is 11.6 Å². The lowest BCUT2D eigenvalue weighted by molar-refractivity contribution is 0.321. The van der Waals surface area contributed by atoms with Crippen LogP contribution in [0, 0.1) is 5.82 Å². The van der Waals surface area contributed by atoms with Crippen molar-refractivity contribution in [2.75, 3.05) is 6.61 Å². The number of ether oxygens (including phenoxy) is 1. The molecule has 0 saturated carbocycles. The van der Waals surface area contributed by atoms with Crippen LogP contribution in [-0.4, -0.2) is 6.61 Å². The third-order valence-corrected chi connectivity index (χ3v) is 2.56. The Morgan fingerprint density at radius 3 is 2.50 bits per heavy atom. The fraction of sp³-hybridized carbons (Fsp3) is 0.400. The van der Waals surface area contributed by atoms with Gasteiger partial charge in [-0.3, -0.25) is 0 Å². The SMILES string of the molecule is CC.CCOc1ccc(Br)c(Cl)c1F. The summed E-state index contributed by atoms with van der Waals surface area (Å²) in [6, 6.07) is 3.19. The van der Waals surface area contributed by atoms with Gasteiger partial charge < -0.3 is 4.74 Å². The van der Waals surface area contributed by atoms with Crippen LogP contribution < -0.4 is 4.74 Å². The number of halogens is 3. The molecule has 0 spiro atoms. The fourth-order valence-electron chi connectivity index (χ4n) is 0.775. The van der Waals surface area contributed by atoms with E-state index in [1.807, 2.05) is 13.8 Å². The molecule has 4 heteroatoms. The first-order chi connectivity index (χ1) is 6.66. The number of benzene rings is 1. The van der Waals surface area contributed by atoms with Gasteiger partial charge in [-0.2, -0.15) is 0 Å². The van der Waals surface area contributed by atoms with Crippen molar-refractivity contribution in [3.63, 3.8) is 0 Å². The van der Waals surface area contributed by atoms with E-state index in [-0.39, 0.29) is 10.8 Å². The molecule has 0 fully saturated rings. The van der Waals surface area contributed by atoms with E-state index in [4.69, 9.17) is 16.3 Å². The maximum atomic E-state index is 13.2. The summed E-state index contributed by atoms with van der Waals surface area (Å²) in [6.45, 7) is 6.21. The molecule has 0 aliphatic heterocycles.